The van der Waals surface area contributed by atoms with Gasteiger partial charge in [-0.15, -0.1) is 0 Å². The van der Waals surface area contributed by atoms with Crippen molar-refractivity contribution in [2.75, 3.05) is 18.0 Å². The van der Waals surface area contributed by atoms with Crippen LogP contribution >= 0.6 is 11.3 Å². The van der Waals surface area contributed by atoms with Crippen molar-refractivity contribution < 1.29 is 9.90 Å². The highest BCUT2D eigenvalue weighted by Gasteiger charge is 2.20. The van der Waals surface area contributed by atoms with Gasteiger partial charge in [0.2, 0.25) is 0 Å². The molecule has 21 heavy (non-hydrogen) atoms. The van der Waals surface area contributed by atoms with Crippen molar-refractivity contribution in [3.63, 3.8) is 0 Å². The van der Waals surface area contributed by atoms with E-state index in [1.807, 2.05) is 6.92 Å². The predicted octanol–water partition coefficient (Wildman–Crippen LogP) is 4.30. The molecule has 0 amide bonds. The molecule has 0 aliphatic carbocycles. The number of carboxylic acids is 1. The maximum atomic E-state index is 11.3. The molecule has 0 fully saturated rings. The van der Waals surface area contributed by atoms with Gasteiger partial charge < -0.3 is 10.0 Å². The van der Waals surface area contributed by atoms with E-state index < -0.39 is 5.97 Å². The zero-order chi connectivity index (χ0) is 16.0. The minimum Gasteiger partial charge on any atom is -0.477 e. The van der Waals surface area contributed by atoms with Crippen LogP contribution in [0.2, 0.25) is 0 Å². The monoisotopic (exact) mass is 312 g/mol. The van der Waals surface area contributed by atoms with Crippen LogP contribution in [0.5, 0.6) is 0 Å². The second-order valence-electron chi connectivity index (χ2n) is 6.28. The molecule has 1 rings (SSSR count). The Morgan fingerprint density at radius 3 is 2.05 bits per heavy atom. The van der Waals surface area contributed by atoms with Crippen LogP contribution in [0.25, 0.3) is 0 Å². The summed E-state index contributed by atoms with van der Waals surface area (Å²) >= 11 is 1.32. The normalized spacial score (nSPS) is 11.4. The van der Waals surface area contributed by atoms with E-state index in [9.17, 15) is 9.90 Å². The van der Waals surface area contributed by atoms with Gasteiger partial charge in [-0.2, -0.15) is 0 Å². The summed E-state index contributed by atoms with van der Waals surface area (Å²) < 4.78 is 0. The summed E-state index contributed by atoms with van der Waals surface area (Å²) in [5, 5.41) is 10.1. The van der Waals surface area contributed by atoms with Crippen LogP contribution in [-0.4, -0.2) is 29.1 Å². The Kier molecular flexibility index (Phi) is 7.15. The van der Waals surface area contributed by atoms with Crippen molar-refractivity contribution in [1.29, 1.82) is 0 Å². The number of anilines is 1. The van der Waals surface area contributed by atoms with E-state index in [-0.39, 0.29) is 0 Å². The molecule has 0 unspecified atom stereocenters. The third-order valence-corrected chi connectivity index (χ3v) is 4.58. The fourth-order valence-corrected chi connectivity index (χ4v) is 3.06. The zero-order valence-electron chi connectivity index (χ0n) is 13.8. The molecule has 1 N–H and O–H groups in total. The average Bonchev–Trinajstić information content (AvgIpc) is 2.82. The van der Waals surface area contributed by atoms with E-state index in [2.05, 4.69) is 37.6 Å². The smallest absolute Gasteiger partial charge is 0.347 e. The Morgan fingerprint density at radius 2 is 1.71 bits per heavy atom. The molecule has 4 nitrogen and oxygen atoms in total. The molecule has 1 heterocycles. The fourth-order valence-electron chi connectivity index (χ4n) is 2.01. The zero-order valence-corrected chi connectivity index (χ0v) is 14.7. The third-order valence-electron chi connectivity index (χ3n) is 3.44. The average molecular weight is 312 g/mol. The molecular formula is C16H28N2O2S. The molecule has 0 aliphatic heterocycles. The van der Waals surface area contributed by atoms with Crippen molar-refractivity contribution in [2.45, 2.75) is 53.9 Å². The maximum absolute atomic E-state index is 11.3. The first-order valence-electron chi connectivity index (χ1n) is 7.83. The van der Waals surface area contributed by atoms with E-state index in [0.717, 1.165) is 31.1 Å². The van der Waals surface area contributed by atoms with Gasteiger partial charge in [0.25, 0.3) is 0 Å². The summed E-state index contributed by atoms with van der Waals surface area (Å²) in [7, 11) is 0. The number of hydrogen-bond acceptors (Lipinski definition) is 4. The summed E-state index contributed by atoms with van der Waals surface area (Å²) in [5.74, 6) is 0.412. The minimum absolute atomic E-state index is 0.395. The SMILES string of the molecule is CCc1nc(N(CCC(C)C)CCC(C)C)sc1C(=O)O. The second-order valence-corrected chi connectivity index (χ2v) is 7.26. The van der Waals surface area contributed by atoms with Crippen LogP contribution in [0.4, 0.5) is 5.13 Å². The van der Waals surface area contributed by atoms with E-state index in [0.29, 0.717) is 28.8 Å². The lowest BCUT2D eigenvalue weighted by atomic mass is 10.1. The second kappa shape index (κ2) is 8.37. The maximum Gasteiger partial charge on any atom is 0.347 e. The van der Waals surface area contributed by atoms with Gasteiger partial charge in [0, 0.05) is 13.1 Å². The lowest BCUT2D eigenvalue weighted by Crippen LogP contribution is -2.27. The molecule has 5 heteroatoms. The Balaban J connectivity index is 2.92. The van der Waals surface area contributed by atoms with Gasteiger partial charge in [-0.1, -0.05) is 46.0 Å². The molecule has 1 aromatic heterocycles. The fraction of sp³-hybridized carbons (Fsp3) is 0.750. The summed E-state index contributed by atoms with van der Waals surface area (Å²) in [5.41, 5.74) is 0.710. The number of thiazole rings is 1. The molecule has 0 atom stereocenters. The lowest BCUT2D eigenvalue weighted by molar-refractivity contribution is 0.0701. The van der Waals surface area contributed by atoms with Crippen LogP contribution in [0.3, 0.4) is 0 Å². The topological polar surface area (TPSA) is 53.4 Å². The molecule has 0 radical (unpaired) electrons. The molecule has 0 aliphatic rings. The van der Waals surface area contributed by atoms with Crippen molar-refractivity contribution in [3.05, 3.63) is 10.6 Å². The number of aromatic nitrogens is 1. The lowest BCUT2D eigenvalue weighted by Gasteiger charge is -2.23. The Labute approximate surface area is 132 Å². The summed E-state index contributed by atoms with van der Waals surface area (Å²) in [6.07, 6.45) is 2.86. The van der Waals surface area contributed by atoms with E-state index in [4.69, 9.17) is 0 Å². The standard InChI is InChI=1S/C16H28N2O2S/c1-6-13-14(15(19)20)21-16(17-13)18(9-7-11(2)3)10-8-12(4)5/h11-12H,6-10H2,1-5H3,(H,19,20). The quantitative estimate of drug-likeness (QED) is 0.738. The number of aromatic carboxylic acids is 1. The first-order valence-corrected chi connectivity index (χ1v) is 8.64. The summed E-state index contributed by atoms with van der Waals surface area (Å²) in [6, 6.07) is 0. The summed E-state index contributed by atoms with van der Waals surface area (Å²) in [4.78, 5) is 18.5. The van der Waals surface area contributed by atoms with Crippen LogP contribution < -0.4 is 4.90 Å². The van der Waals surface area contributed by atoms with Crippen molar-refractivity contribution >= 4 is 22.4 Å². The van der Waals surface area contributed by atoms with Crippen LogP contribution in [0.15, 0.2) is 0 Å². The van der Waals surface area contributed by atoms with Crippen molar-refractivity contribution in [1.82, 2.24) is 4.98 Å². The van der Waals surface area contributed by atoms with Crippen LogP contribution in [0, 0.1) is 11.8 Å². The number of hydrogen-bond donors (Lipinski definition) is 1. The third kappa shape index (κ3) is 5.65. The summed E-state index contributed by atoms with van der Waals surface area (Å²) in [6.45, 7) is 12.7. The number of carboxylic acid groups (broad SMARTS) is 1. The first kappa shape index (κ1) is 18.0. The van der Waals surface area contributed by atoms with Crippen LogP contribution in [-0.2, 0) is 6.42 Å². The molecule has 0 saturated heterocycles. The Bertz CT molecular complexity index is 443. The minimum atomic E-state index is -0.858. The predicted molar refractivity (Wildman–Crippen MR) is 89.6 cm³/mol. The van der Waals surface area contributed by atoms with Gasteiger partial charge in [-0.3, -0.25) is 0 Å². The highest BCUT2D eigenvalue weighted by Crippen LogP contribution is 2.28. The molecule has 0 spiro atoms. The highest BCUT2D eigenvalue weighted by atomic mass is 32.1. The van der Waals surface area contributed by atoms with E-state index in [1.54, 1.807) is 0 Å². The molecular weight excluding hydrogens is 284 g/mol. The van der Waals surface area contributed by atoms with Gasteiger partial charge in [0.05, 0.1) is 5.69 Å². The van der Waals surface area contributed by atoms with Gasteiger partial charge in [-0.05, 0) is 31.1 Å². The van der Waals surface area contributed by atoms with Gasteiger partial charge >= 0.3 is 5.97 Å². The van der Waals surface area contributed by atoms with Gasteiger partial charge in [0.15, 0.2) is 5.13 Å². The van der Waals surface area contributed by atoms with Crippen LogP contribution in [0.1, 0.15) is 62.8 Å². The Morgan fingerprint density at radius 1 is 1.19 bits per heavy atom. The number of carbonyl (C=O) groups is 1. The molecule has 120 valence electrons. The van der Waals surface area contributed by atoms with E-state index >= 15 is 0 Å². The number of nitrogens with zero attached hydrogens (tertiary/aromatic N) is 2. The number of rotatable bonds is 9. The molecule has 0 bridgehead atoms. The van der Waals surface area contributed by atoms with Crippen molar-refractivity contribution in [2.24, 2.45) is 11.8 Å². The van der Waals surface area contributed by atoms with Gasteiger partial charge in [-0.25, -0.2) is 9.78 Å². The number of aryl methyl sites for hydroxylation is 1. The molecule has 0 aromatic carbocycles. The molecule has 1 aromatic rings. The first-order chi connectivity index (χ1) is 9.85. The highest BCUT2D eigenvalue weighted by molar-refractivity contribution is 7.17. The van der Waals surface area contributed by atoms with Crippen molar-refractivity contribution in [3.8, 4) is 0 Å². The van der Waals surface area contributed by atoms with E-state index in [1.165, 1.54) is 11.3 Å². The van der Waals surface area contributed by atoms with Gasteiger partial charge in [0.1, 0.15) is 4.88 Å². The largest absolute Gasteiger partial charge is 0.477 e. The molecule has 0 saturated carbocycles. The Hall–Kier alpha value is -1.10.